The van der Waals surface area contributed by atoms with Gasteiger partial charge < -0.3 is 20.3 Å². The Morgan fingerprint density at radius 3 is 2.78 bits per heavy atom. The monoisotopic (exact) mass is 548 g/mol. The average Bonchev–Trinajstić information content (AvgIpc) is 3.13. The van der Waals surface area contributed by atoms with Crippen molar-refractivity contribution >= 4 is 35.3 Å². The molecule has 2 aliphatic rings. The third kappa shape index (κ3) is 6.22. The molecule has 0 aliphatic carbocycles. The second kappa shape index (κ2) is 10.4. The van der Waals surface area contributed by atoms with Crippen molar-refractivity contribution in [1.29, 1.82) is 0 Å². The van der Waals surface area contributed by atoms with E-state index in [-0.39, 0.29) is 30.4 Å². The number of urea groups is 1. The second-order valence-electron chi connectivity index (χ2n) is 8.28. The molecule has 2 aliphatic heterocycles. The smallest absolute Gasteiger partial charge is 0.407 e. The third-order valence-electron chi connectivity index (χ3n) is 5.57. The number of amides is 4. The van der Waals surface area contributed by atoms with Crippen molar-refractivity contribution in [2.75, 3.05) is 32.1 Å². The molecule has 0 saturated carbocycles. The van der Waals surface area contributed by atoms with Crippen LogP contribution in [0.3, 0.4) is 0 Å². The molecule has 200 valence electrons. The minimum absolute atomic E-state index is 0.0365. The van der Waals surface area contributed by atoms with Gasteiger partial charge in [-0.05, 0) is 18.2 Å². The van der Waals surface area contributed by atoms with E-state index in [9.17, 15) is 31.9 Å². The highest BCUT2D eigenvalue weighted by Crippen LogP contribution is 2.27. The number of nitrogens with zero attached hydrogens (tertiary/aromatic N) is 4. The topological polar surface area (TPSA) is 118 Å². The summed E-state index contributed by atoms with van der Waals surface area (Å²) in [6.45, 7) is -1.70. The molecule has 3 heterocycles. The summed E-state index contributed by atoms with van der Waals surface area (Å²) in [5.74, 6) is -1.19. The summed E-state index contributed by atoms with van der Waals surface area (Å²) < 4.78 is 56.3. The van der Waals surface area contributed by atoms with Crippen LogP contribution in [0, 0.1) is 5.82 Å². The van der Waals surface area contributed by atoms with Crippen LogP contribution in [0.15, 0.2) is 18.2 Å². The molecule has 1 aromatic carbocycles. The largest absolute Gasteiger partial charge is 0.447 e. The molecule has 16 heteroatoms. The van der Waals surface area contributed by atoms with E-state index in [0.717, 1.165) is 11.1 Å². The number of benzene rings is 1. The van der Waals surface area contributed by atoms with Gasteiger partial charge in [0.1, 0.15) is 30.8 Å². The molecule has 1 aromatic heterocycles. The Kier molecular flexibility index (Phi) is 7.45. The van der Waals surface area contributed by atoms with Gasteiger partial charge in [-0.25, -0.2) is 19.0 Å². The quantitative estimate of drug-likeness (QED) is 0.567. The van der Waals surface area contributed by atoms with Crippen LogP contribution >= 0.6 is 11.6 Å². The van der Waals surface area contributed by atoms with E-state index in [1.165, 1.54) is 28.8 Å². The number of alkyl halides is 3. The van der Waals surface area contributed by atoms with Crippen LogP contribution in [0.4, 0.5) is 32.8 Å². The number of hydrogen-bond acceptors (Lipinski definition) is 6. The summed E-state index contributed by atoms with van der Waals surface area (Å²) in [5.41, 5.74) is 1.56. The highest BCUT2D eigenvalue weighted by atomic mass is 35.5. The Bertz CT molecular complexity index is 1220. The summed E-state index contributed by atoms with van der Waals surface area (Å²) >= 11 is 5.76. The van der Waals surface area contributed by atoms with Gasteiger partial charge in [-0.15, -0.1) is 0 Å². The molecule has 0 radical (unpaired) electrons. The van der Waals surface area contributed by atoms with Crippen LogP contribution in [0.5, 0.6) is 0 Å². The highest BCUT2D eigenvalue weighted by molar-refractivity contribution is 6.31. The van der Waals surface area contributed by atoms with E-state index in [4.69, 9.17) is 21.2 Å². The lowest BCUT2D eigenvalue weighted by Gasteiger charge is -2.27. The number of halogens is 5. The number of fused-ring (bicyclic) bond motifs is 3. The maximum Gasteiger partial charge on any atom is 0.407 e. The van der Waals surface area contributed by atoms with E-state index in [1.807, 2.05) is 0 Å². The van der Waals surface area contributed by atoms with E-state index in [1.54, 1.807) is 5.32 Å². The Morgan fingerprint density at radius 1 is 1.32 bits per heavy atom. The molecule has 1 unspecified atom stereocenters. The van der Waals surface area contributed by atoms with Crippen LogP contribution in [0.25, 0.3) is 0 Å². The van der Waals surface area contributed by atoms with Crippen molar-refractivity contribution in [2.24, 2.45) is 0 Å². The predicted octanol–water partition coefficient (Wildman–Crippen LogP) is 2.94. The van der Waals surface area contributed by atoms with Crippen molar-refractivity contribution in [3.05, 3.63) is 46.0 Å². The average molecular weight is 549 g/mol. The number of ether oxygens (including phenoxy) is 1. The summed E-state index contributed by atoms with van der Waals surface area (Å²) in [4.78, 5) is 44.3. The Labute approximate surface area is 212 Å². The van der Waals surface area contributed by atoms with Crippen LogP contribution in [-0.2, 0) is 29.1 Å². The van der Waals surface area contributed by atoms with Crippen LogP contribution in [0.1, 0.15) is 21.7 Å². The van der Waals surface area contributed by atoms with Crippen molar-refractivity contribution in [1.82, 2.24) is 25.1 Å². The van der Waals surface area contributed by atoms with Crippen molar-refractivity contribution in [3.63, 3.8) is 0 Å². The van der Waals surface area contributed by atoms with E-state index in [2.05, 4.69) is 10.4 Å². The zero-order chi connectivity index (χ0) is 26.9. The number of carbonyl (C=O) groups is 3. The number of anilines is 1. The minimum Gasteiger partial charge on any atom is -0.447 e. The molecule has 0 spiro atoms. The first-order valence-corrected chi connectivity index (χ1v) is 11.3. The van der Waals surface area contributed by atoms with Gasteiger partial charge in [-0.1, -0.05) is 11.6 Å². The Morgan fingerprint density at radius 2 is 2.08 bits per heavy atom. The first-order valence-electron chi connectivity index (χ1n) is 10.9. The molecule has 0 bridgehead atoms. The lowest BCUT2D eigenvalue weighted by molar-refractivity contribution is -0.160. The van der Waals surface area contributed by atoms with E-state index >= 15 is 0 Å². The van der Waals surface area contributed by atoms with Gasteiger partial charge in [0.25, 0.3) is 5.91 Å². The van der Waals surface area contributed by atoms with Gasteiger partial charge in [0.2, 0.25) is 0 Å². The summed E-state index contributed by atoms with van der Waals surface area (Å²) in [6.07, 6.45) is -6.46. The fraction of sp³-hybridized carbons (Fsp3) is 0.429. The van der Waals surface area contributed by atoms with Crippen molar-refractivity contribution in [3.8, 4) is 0 Å². The second-order valence-corrected chi connectivity index (χ2v) is 8.69. The molecular formula is C21H21ClF4N6O5. The van der Waals surface area contributed by atoms with Crippen molar-refractivity contribution < 1.29 is 41.5 Å². The molecule has 4 rings (SSSR count). The van der Waals surface area contributed by atoms with Gasteiger partial charge in [0.15, 0.2) is 0 Å². The van der Waals surface area contributed by atoms with Crippen LogP contribution in [-0.4, -0.2) is 76.8 Å². The lowest BCUT2D eigenvalue weighted by Crippen LogP contribution is -2.40. The molecule has 0 fully saturated rings. The summed E-state index contributed by atoms with van der Waals surface area (Å²) in [7, 11) is 1.33. The van der Waals surface area contributed by atoms with Gasteiger partial charge in [0, 0.05) is 31.3 Å². The van der Waals surface area contributed by atoms with Crippen LogP contribution < -0.4 is 10.6 Å². The standard InChI is InChI=1S/C21H21ClF4N6O5/c1-30-18(33)17-13-8-31(19(34)28-11-2-3-15(23)14(22)6-11)5-4-16(13)29-32(17)7-12(37-30)9-36-20(35)27-10-21(24,25)26/h2-3,6,12H,4-5,7-10H2,1H3,(H,27,35)(H,28,34). The van der Waals surface area contributed by atoms with Gasteiger partial charge in [-0.2, -0.15) is 18.3 Å². The van der Waals surface area contributed by atoms with Crippen LogP contribution in [0.2, 0.25) is 5.02 Å². The lowest BCUT2D eigenvalue weighted by atomic mass is 10.1. The maximum atomic E-state index is 13.4. The highest BCUT2D eigenvalue weighted by Gasteiger charge is 2.36. The number of hydroxylamine groups is 2. The summed E-state index contributed by atoms with van der Waals surface area (Å²) in [5, 5.41) is 9.43. The van der Waals surface area contributed by atoms with Crippen molar-refractivity contribution in [2.45, 2.75) is 31.8 Å². The van der Waals surface area contributed by atoms with E-state index < -0.39 is 49.3 Å². The Hall–Kier alpha value is -3.59. The number of alkyl carbamates (subject to hydrolysis) is 1. The molecule has 2 N–H and O–H groups in total. The minimum atomic E-state index is -4.59. The predicted molar refractivity (Wildman–Crippen MR) is 119 cm³/mol. The maximum absolute atomic E-state index is 13.4. The number of nitrogens with one attached hydrogen (secondary N) is 2. The third-order valence-corrected chi connectivity index (χ3v) is 5.85. The molecular weight excluding hydrogens is 528 g/mol. The molecule has 2 aromatic rings. The van der Waals surface area contributed by atoms with Gasteiger partial charge in [-0.3, -0.25) is 14.3 Å². The molecule has 11 nitrogen and oxygen atoms in total. The first kappa shape index (κ1) is 26.5. The molecule has 1 atom stereocenters. The fourth-order valence-corrected chi connectivity index (χ4v) is 4.05. The van der Waals surface area contributed by atoms with E-state index in [0.29, 0.717) is 23.4 Å². The number of hydrogen-bond donors (Lipinski definition) is 2. The first-order chi connectivity index (χ1) is 17.4. The zero-order valence-corrected chi connectivity index (χ0v) is 20.0. The number of carbonyl (C=O) groups excluding carboxylic acids is 3. The molecule has 4 amide bonds. The number of aromatic nitrogens is 2. The summed E-state index contributed by atoms with van der Waals surface area (Å²) in [6, 6.07) is 3.27. The fourth-order valence-electron chi connectivity index (χ4n) is 3.87. The molecule has 0 saturated heterocycles. The van der Waals surface area contributed by atoms with Gasteiger partial charge >= 0.3 is 18.3 Å². The molecule has 37 heavy (non-hydrogen) atoms. The number of rotatable bonds is 4. The normalized spacial score (nSPS) is 17.6. The SMILES string of the molecule is CN1OC(COC(=O)NCC(F)(F)F)Cn2nc3c(c2C1=O)CN(C(=O)Nc1ccc(F)c(Cl)c1)CC3. The zero-order valence-electron chi connectivity index (χ0n) is 19.3. The van der Waals surface area contributed by atoms with Gasteiger partial charge in [0.05, 0.1) is 23.8 Å². The Balaban J connectivity index is 1.44.